The monoisotopic (exact) mass is 479 g/mol. The summed E-state index contributed by atoms with van der Waals surface area (Å²) in [4.78, 5) is 24.0. The lowest BCUT2D eigenvalue weighted by Gasteiger charge is -2.06. The van der Waals surface area contributed by atoms with E-state index in [1.165, 1.54) is 22.2 Å². The average Bonchev–Trinajstić information content (AvgIpc) is 3.51. The Morgan fingerprint density at radius 2 is 2.00 bits per heavy atom. The van der Waals surface area contributed by atoms with Gasteiger partial charge in [-0.15, -0.1) is 32.9 Å². The van der Waals surface area contributed by atoms with Crippen molar-refractivity contribution in [2.24, 2.45) is 0 Å². The molecule has 32 heavy (non-hydrogen) atoms. The van der Waals surface area contributed by atoms with Gasteiger partial charge in [0.15, 0.2) is 5.16 Å². The van der Waals surface area contributed by atoms with Crippen LogP contribution in [0.2, 0.25) is 0 Å². The van der Waals surface area contributed by atoms with Crippen molar-refractivity contribution in [2.75, 3.05) is 0 Å². The molecule has 5 aromatic rings. The first-order valence-corrected chi connectivity index (χ1v) is 12.9. The number of thioether (sulfide) groups is 1. The summed E-state index contributed by atoms with van der Waals surface area (Å²) in [5.74, 6) is 1.18. The van der Waals surface area contributed by atoms with E-state index in [9.17, 15) is 4.79 Å². The number of nitrogens with zero attached hydrogens (tertiary/aromatic N) is 4. The molecule has 162 valence electrons. The van der Waals surface area contributed by atoms with E-state index in [4.69, 9.17) is 4.98 Å². The number of hydrogen-bond donors (Lipinski definition) is 1. The van der Waals surface area contributed by atoms with Crippen LogP contribution >= 0.6 is 34.4 Å². The minimum absolute atomic E-state index is 0.0929. The molecule has 0 aliphatic rings. The number of rotatable bonds is 7. The van der Waals surface area contributed by atoms with Gasteiger partial charge < -0.3 is 9.55 Å². The Morgan fingerprint density at radius 1 is 1.16 bits per heavy atom. The number of aryl methyl sites for hydroxylation is 4. The van der Waals surface area contributed by atoms with Gasteiger partial charge in [0.05, 0.1) is 11.1 Å². The first-order valence-electron chi connectivity index (χ1n) is 10.2. The Morgan fingerprint density at radius 3 is 2.78 bits per heavy atom. The van der Waals surface area contributed by atoms with Gasteiger partial charge in [-0.05, 0) is 37.3 Å². The van der Waals surface area contributed by atoms with Crippen LogP contribution in [0.1, 0.15) is 21.1 Å². The summed E-state index contributed by atoms with van der Waals surface area (Å²) < 4.78 is 2.05. The van der Waals surface area contributed by atoms with Gasteiger partial charge in [-0.25, -0.2) is 4.98 Å². The Bertz CT molecular complexity index is 1410. The van der Waals surface area contributed by atoms with E-state index in [0.717, 1.165) is 39.0 Å². The molecule has 4 aromatic heterocycles. The molecule has 0 radical (unpaired) electrons. The fourth-order valence-electron chi connectivity index (χ4n) is 3.63. The lowest BCUT2D eigenvalue weighted by atomic mass is 10.0. The van der Waals surface area contributed by atoms with E-state index in [-0.39, 0.29) is 5.56 Å². The summed E-state index contributed by atoms with van der Waals surface area (Å²) in [7, 11) is 0. The average molecular weight is 480 g/mol. The molecule has 0 bridgehead atoms. The first kappa shape index (κ1) is 21.1. The van der Waals surface area contributed by atoms with Gasteiger partial charge >= 0.3 is 0 Å². The van der Waals surface area contributed by atoms with Crippen molar-refractivity contribution in [3.8, 4) is 11.1 Å². The van der Waals surface area contributed by atoms with Crippen molar-refractivity contribution in [2.45, 2.75) is 37.7 Å². The topological polar surface area (TPSA) is 76.5 Å². The molecular formula is C23H21N5OS3. The second-order valence-electron chi connectivity index (χ2n) is 7.52. The summed E-state index contributed by atoms with van der Waals surface area (Å²) in [6.07, 6.45) is 2.70. The maximum Gasteiger partial charge on any atom is 0.260 e. The van der Waals surface area contributed by atoms with Crippen LogP contribution in [0.4, 0.5) is 0 Å². The van der Waals surface area contributed by atoms with Crippen molar-refractivity contribution in [1.82, 2.24) is 24.7 Å². The van der Waals surface area contributed by atoms with Crippen LogP contribution in [0.25, 0.3) is 21.3 Å². The quantitative estimate of drug-likeness (QED) is 0.314. The molecule has 0 saturated heterocycles. The Balaban J connectivity index is 1.37. The Kier molecular flexibility index (Phi) is 5.95. The first-order chi connectivity index (χ1) is 15.6. The summed E-state index contributed by atoms with van der Waals surface area (Å²) in [6, 6.07) is 12.5. The predicted molar refractivity (Wildman–Crippen MR) is 133 cm³/mol. The van der Waals surface area contributed by atoms with Crippen molar-refractivity contribution >= 4 is 44.7 Å². The molecule has 0 aliphatic carbocycles. The van der Waals surface area contributed by atoms with E-state index in [1.807, 2.05) is 11.5 Å². The molecule has 9 heteroatoms. The van der Waals surface area contributed by atoms with Crippen molar-refractivity contribution in [1.29, 1.82) is 0 Å². The second-order valence-corrected chi connectivity index (χ2v) is 10.7. The fourth-order valence-corrected chi connectivity index (χ4v) is 6.20. The third-order valence-corrected chi connectivity index (χ3v) is 8.15. The maximum atomic E-state index is 13.0. The van der Waals surface area contributed by atoms with Gasteiger partial charge in [0.1, 0.15) is 17.0 Å². The zero-order chi connectivity index (χ0) is 22.1. The van der Waals surface area contributed by atoms with Gasteiger partial charge in [-0.3, -0.25) is 4.79 Å². The van der Waals surface area contributed by atoms with E-state index < -0.39 is 0 Å². The van der Waals surface area contributed by atoms with Crippen LogP contribution in [-0.2, 0) is 18.7 Å². The minimum atomic E-state index is -0.0929. The number of nitrogens with one attached hydrogen (secondary N) is 1. The van der Waals surface area contributed by atoms with Crippen LogP contribution in [0.3, 0.4) is 0 Å². The van der Waals surface area contributed by atoms with Crippen molar-refractivity contribution in [3.63, 3.8) is 0 Å². The molecule has 1 N–H and O–H groups in total. The van der Waals surface area contributed by atoms with Crippen LogP contribution < -0.4 is 5.56 Å². The van der Waals surface area contributed by atoms with Gasteiger partial charge in [-0.2, -0.15) is 0 Å². The highest BCUT2D eigenvalue weighted by Crippen LogP contribution is 2.35. The SMILES string of the molecule is Cc1ccc(-c2c(C)sc3nc(CSc4nncn4CCc4cccs4)[nH]c(=O)c23)cc1. The molecular weight excluding hydrogens is 458 g/mol. The van der Waals surface area contributed by atoms with Gasteiger partial charge in [0.2, 0.25) is 0 Å². The third-order valence-electron chi connectivity index (χ3n) is 5.22. The number of benzene rings is 1. The number of aromatic amines is 1. The van der Waals surface area contributed by atoms with Crippen molar-refractivity contribution in [3.05, 3.63) is 79.6 Å². The molecule has 0 unspecified atom stereocenters. The highest BCUT2D eigenvalue weighted by molar-refractivity contribution is 7.98. The minimum Gasteiger partial charge on any atom is -0.309 e. The Hall–Kier alpha value is -2.75. The summed E-state index contributed by atoms with van der Waals surface area (Å²) in [5, 5.41) is 11.9. The molecule has 0 spiro atoms. The molecule has 0 aliphatic heterocycles. The number of thiophene rings is 2. The van der Waals surface area contributed by atoms with Gasteiger partial charge in [0, 0.05) is 21.9 Å². The maximum absolute atomic E-state index is 13.0. The summed E-state index contributed by atoms with van der Waals surface area (Å²) in [5.41, 5.74) is 3.13. The molecule has 0 saturated carbocycles. The molecule has 0 amide bonds. The molecule has 1 aromatic carbocycles. The normalized spacial score (nSPS) is 11.4. The largest absolute Gasteiger partial charge is 0.309 e. The highest BCUT2D eigenvalue weighted by Gasteiger charge is 2.17. The summed E-state index contributed by atoms with van der Waals surface area (Å²) in [6.45, 7) is 4.93. The predicted octanol–water partition coefficient (Wildman–Crippen LogP) is 5.46. The number of fused-ring (bicyclic) bond motifs is 1. The van der Waals surface area contributed by atoms with E-state index in [0.29, 0.717) is 17.0 Å². The lowest BCUT2D eigenvalue weighted by Crippen LogP contribution is -2.11. The second kappa shape index (κ2) is 9.01. The molecule has 5 rings (SSSR count). The Labute approximate surface area is 197 Å². The lowest BCUT2D eigenvalue weighted by molar-refractivity contribution is 0.637. The van der Waals surface area contributed by atoms with Crippen LogP contribution in [0.5, 0.6) is 0 Å². The van der Waals surface area contributed by atoms with Gasteiger partial charge in [-0.1, -0.05) is 47.7 Å². The molecule has 0 fully saturated rings. The smallest absolute Gasteiger partial charge is 0.260 e. The number of hydrogen-bond acceptors (Lipinski definition) is 7. The van der Waals surface area contributed by atoms with Crippen molar-refractivity contribution < 1.29 is 0 Å². The molecule has 0 atom stereocenters. The molecule has 6 nitrogen and oxygen atoms in total. The molecule has 4 heterocycles. The van der Waals surface area contributed by atoms with Crippen LogP contribution in [0.15, 0.2) is 58.1 Å². The van der Waals surface area contributed by atoms with E-state index in [1.54, 1.807) is 29.0 Å². The fraction of sp³-hybridized carbons (Fsp3) is 0.217. The third kappa shape index (κ3) is 4.28. The zero-order valence-corrected chi connectivity index (χ0v) is 20.1. The number of H-pyrrole nitrogens is 1. The van der Waals surface area contributed by atoms with E-state index in [2.05, 4.69) is 63.9 Å². The summed E-state index contributed by atoms with van der Waals surface area (Å²) >= 11 is 4.86. The van der Waals surface area contributed by atoms with E-state index >= 15 is 0 Å². The zero-order valence-electron chi connectivity index (χ0n) is 17.7. The van der Waals surface area contributed by atoms with Crippen LogP contribution in [0, 0.1) is 13.8 Å². The highest BCUT2D eigenvalue weighted by atomic mass is 32.2. The van der Waals surface area contributed by atoms with Crippen LogP contribution in [-0.4, -0.2) is 24.7 Å². The standard InChI is InChI=1S/C23H21N5OS3/c1-14-5-7-16(8-6-14)19-15(2)32-22-20(19)21(29)25-18(26-22)12-31-23-27-24-13-28(23)10-9-17-4-3-11-30-17/h3-8,11,13H,9-10,12H2,1-2H3,(H,25,26,29). The number of aromatic nitrogens is 5. The van der Waals surface area contributed by atoms with Gasteiger partial charge in [0.25, 0.3) is 5.56 Å².